The summed E-state index contributed by atoms with van der Waals surface area (Å²) in [6.45, 7) is 2.84. The van der Waals surface area contributed by atoms with Gasteiger partial charge in [0.05, 0.1) is 18.8 Å². The first-order valence-corrected chi connectivity index (χ1v) is 6.77. The first-order chi connectivity index (χ1) is 8.22. The predicted molar refractivity (Wildman–Crippen MR) is 70.2 cm³/mol. The van der Waals surface area contributed by atoms with Gasteiger partial charge in [-0.1, -0.05) is 18.5 Å². The van der Waals surface area contributed by atoms with E-state index < -0.39 is 0 Å². The van der Waals surface area contributed by atoms with Gasteiger partial charge < -0.3 is 9.88 Å². The molecule has 0 saturated heterocycles. The molecule has 0 radical (unpaired) electrons. The van der Waals surface area contributed by atoms with Gasteiger partial charge in [-0.3, -0.25) is 0 Å². The zero-order valence-electron chi connectivity index (χ0n) is 9.85. The summed E-state index contributed by atoms with van der Waals surface area (Å²) in [4.78, 5) is 8.58. The summed E-state index contributed by atoms with van der Waals surface area (Å²) < 4.78 is 1.88. The Hall–Kier alpha value is -0.910. The average Bonchev–Trinajstić information content (AvgIpc) is 2.95. The van der Waals surface area contributed by atoms with Crippen LogP contribution in [0.25, 0.3) is 0 Å². The third-order valence-electron chi connectivity index (χ3n) is 2.69. The molecule has 6 heteroatoms. The molecule has 0 bridgehead atoms. The van der Waals surface area contributed by atoms with Crippen LogP contribution >= 0.6 is 22.9 Å². The van der Waals surface area contributed by atoms with E-state index in [0.717, 1.165) is 17.3 Å². The lowest BCUT2D eigenvalue weighted by atomic mass is 10.2. The molecule has 2 aromatic rings. The summed E-state index contributed by atoms with van der Waals surface area (Å²) in [5.74, 6) is 0.935. The van der Waals surface area contributed by atoms with Crippen molar-refractivity contribution in [2.45, 2.75) is 25.9 Å². The molecular formula is C11H15ClN4S. The number of rotatable bonds is 5. The summed E-state index contributed by atoms with van der Waals surface area (Å²) >= 11 is 7.61. The van der Waals surface area contributed by atoms with E-state index in [1.807, 2.05) is 23.2 Å². The van der Waals surface area contributed by atoms with Crippen LogP contribution in [0.3, 0.4) is 0 Å². The number of hydrogen-bond donors (Lipinski definition) is 1. The SMILES string of the molecule is CCC(NCc1ncc(Cl)n1C)c1nccs1. The van der Waals surface area contributed by atoms with Crippen LogP contribution in [0.2, 0.25) is 5.15 Å². The van der Waals surface area contributed by atoms with Gasteiger partial charge in [0.15, 0.2) is 0 Å². The molecule has 1 atom stereocenters. The Kier molecular flexibility index (Phi) is 4.15. The second-order valence-electron chi connectivity index (χ2n) is 3.77. The van der Waals surface area contributed by atoms with Crippen LogP contribution in [-0.4, -0.2) is 14.5 Å². The minimum atomic E-state index is 0.283. The fourth-order valence-electron chi connectivity index (χ4n) is 1.62. The standard InChI is InChI=1S/C11H15ClN4S/c1-3-8(11-13-4-5-17-11)14-7-10-15-6-9(12)16(10)2/h4-6,8,14H,3,7H2,1-2H3. The minimum Gasteiger partial charge on any atom is -0.321 e. The van der Waals surface area contributed by atoms with Gasteiger partial charge in [-0.15, -0.1) is 11.3 Å². The van der Waals surface area contributed by atoms with Crippen LogP contribution in [-0.2, 0) is 13.6 Å². The third-order valence-corrected chi connectivity index (χ3v) is 3.93. The van der Waals surface area contributed by atoms with E-state index in [9.17, 15) is 0 Å². The summed E-state index contributed by atoms with van der Waals surface area (Å²) in [5, 5.41) is 7.22. The van der Waals surface area contributed by atoms with Crippen molar-refractivity contribution in [2.24, 2.45) is 7.05 Å². The number of halogens is 1. The lowest BCUT2D eigenvalue weighted by Gasteiger charge is -2.14. The second-order valence-corrected chi connectivity index (χ2v) is 5.08. The molecule has 4 nitrogen and oxygen atoms in total. The largest absolute Gasteiger partial charge is 0.321 e. The molecule has 2 rings (SSSR count). The summed E-state index contributed by atoms with van der Waals surface area (Å²) in [7, 11) is 1.91. The molecule has 92 valence electrons. The van der Waals surface area contributed by atoms with E-state index in [0.29, 0.717) is 11.7 Å². The number of imidazole rings is 1. The van der Waals surface area contributed by atoms with Crippen molar-refractivity contribution in [2.75, 3.05) is 0 Å². The zero-order valence-corrected chi connectivity index (χ0v) is 11.4. The van der Waals surface area contributed by atoms with Crippen molar-refractivity contribution in [3.05, 3.63) is 33.8 Å². The molecule has 0 saturated carbocycles. The fourth-order valence-corrected chi connectivity index (χ4v) is 2.56. The normalized spacial score (nSPS) is 12.9. The topological polar surface area (TPSA) is 42.7 Å². The lowest BCUT2D eigenvalue weighted by Crippen LogP contribution is -2.22. The Balaban J connectivity index is 1.99. The van der Waals surface area contributed by atoms with E-state index in [1.54, 1.807) is 17.5 Å². The van der Waals surface area contributed by atoms with E-state index in [2.05, 4.69) is 22.2 Å². The Labute approximate surface area is 110 Å². The van der Waals surface area contributed by atoms with Gasteiger partial charge in [-0.2, -0.15) is 0 Å². The van der Waals surface area contributed by atoms with Crippen molar-refractivity contribution in [1.82, 2.24) is 19.9 Å². The quantitative estimate of drug-likeness (QED) is 0.909. The molecule has 2 aromatic heterocycles. The van der Waals surface area contributed by atoms with Crippen LogP contribution in [0, 0.1) is 0 Å². The monoisotopic (exact) mass is 270 g/mol. The molecule has 0 aromatic carbocycles. The first kappa shape index (κ1) is 12.5. The van der Waals surface area contributed by atoms with Crippen LogP contribution in [0.1, 0.15) is 30.2 Å². The highest BCUT2D eigenvalue weighted by molar-refractivity contribution is 7.09. The van der Waals surface area contributed by atoms with Crippen molar-refractivity contribution in [3.8, 4) is 0 Å². The maximum atomic E-state index is 5.94. The highest BCUT2D eigenvalue weighted by Crippen LogP contribution is 2.19. The van der Waals surface area contributed by atoms with Crippen LogP contribution in [0.5, 0.6) is 0 Å². The molecule has 0 fully saturated rings. The van der Waals surface area contributed by atoms with Gasteiger partial charge in [-0.05, 0) is 6.42 Å². The number of hydrogen-bond acceptors (Lipinski definition) is 4. The highest BCUT2D eigenvalue weighted by Gasteiger charge is 2.12. The lowest BCUT2D eigenvalue weighted by molar-refractivity contribution is 0.500. The van der Waals surface area contributed by atoms with Crippen LogP contribution in [0.4, 0.5) is 0 Å². The van der Waals surface area contributed by atoms with Crippen molar-refractivity contribution in [1.29, 1.82) is 0 Å². The van der Waals surface area contributed by atoms with E-state index >= 15 is 0 Å². The molecule has 1 N–H and O–H groups in total. The highest BCUT2D eigenvalue weighted by atomic mass is 35.5. The molecule has 2 heterocycles. The van der Waals surface area contributed by atoms with E-state index in [1.165, 1.54) is 0 Å². The fraction of sp³-hybridized carbons (Fsp3) is 0.455. The minimum absolute atomic E-state index is 0.283. The van der Waals surface area contributed by atoms with Crippen molar-refractivity contribution >= 4 is 22.9 Å². The Morgan fingerprint density at radius 2 is 2.35 bits per heavy atom. The molecular weight excluding hydrogens is 256 g/mol. The summed E-state index contributed by atoms with van der Waals surface area (Å²) in [5.41, 5.74) is 0. The number of thiazole rings is 1. The van der Waals surface area contributed by atoms with Gasteiger partial charge in [-0.25, -0.2) is 9.97 Å². The molecule has 1 unspecified atom stereocenters. The van der Waals surface area contributed by atoms with E-state index in [4.69, 9.17) is 11.6 Å². The van der Waals surface area contributed by atoms with E-state index in [-0.39, 0.29) is 6.04 Å². The van der Waals surface area contributed by atoms with Gasteiger partial charge in [0, 0.05) is 18.6 Å². The van der Waals surface area contributed by atoms with Crippen molar-refractivity contribution in [3.63, 3.8) is 0 Å². The average molecular weight is 271 g/mol. The molecule has 0 aliphatic rings. The first-order valence-electron chi connectivity index (χ1n) is 5.51. The van der Waals surface area contributed by atoms with Crippen molar-refractivity contribution < 1.29 is 0 Å². The summed E-state index contributed by atoms with van der Waals surface area (Å²) in [6, 6.07) is 0.283. The predicted octanol–water partition coefficient (Wildman–Crippen LogP) is 2.77. The zero-order chi connectivity index (χ0) is 12.3. The number of nitrogens with one attached hydrogen (secondary N) is 1. The molecule has 0 amide bonds. The summed E-state index contributed by atoms with van der Waals surface area (Å²) in [6.07, 6.45) is 4.51. The Bertz CT molecular complexity index is 466. The molecule has 0 aliphatic carbocycles. The molecule has 0 spiro atoms. The van der Waals surface area contributed by atoms with Gasteiger partial charge in [0.2, 0.25) is 0 Å². The van der Waals surface area contributed by atoms with Crippen LogP contribution < -0.4 is 5.32 Å². The molecule has 0 aliphatic heterocycles. The number of nitrogens with zero attached hydrogens (tertiary/aromatic N) is 3. The van der Waals surface area contributed by atoms with Gasteiger partial charge in [0.25, 0.3) is 0 Å². The van der Waals surface area contributed by atoms with Crippen LogP contribution in [0.15, 0.2) is 17.8 Å². The maximum absolute atomic E-state index is 5.94. The van der Waals surface area contributed by atoms with Gasteiger partial charge >= 0.3 is 0 Å². The van der Waals surface area contributed by atoms with Gasteiger partial charge in [0.1, 0.15) is 16.0 Å². The second kappa shape index (κ2) is 5.62. The third kappa shape index (κ3) is 2.86. The maximum Gasteiger partial charge on any atom is 0.128 e. The number of aromatic nitrogens is 3. The Morgan fingerprint density at radius 3 is 2.88 bits per heavy atom. The Morgan fingerprint density at radius 1 is 1.53 bits per heavy atom. The molecule has 17 heavy (non-hydrogen) atoms. The smallest absolute Gasteiger partial charge is 0.128 e.